The molecule has 1 aromatic heterocycles. The number of rotatable bonds is 6. The molecule has 0 fully saturated rings. The van der Waals surface area contributed by atoms with Crippen LogP contribution >= 0.6 is 11.3 Å². The molecule has 4 heteroatoms. The first-order chi connectivity index (χ1) is 9.56. The summed E-state index contributed by atoms with van der Waals surface area (Å²) in [6.07, 6.45) is 0. The molecule has 0 saturated carbocycles. The van der Waals surface area contributed by atoms with Crippen molar-refractivity contribution in [1.29, 1.82) is 0 Å². The van der Waals surface area contributed by atoms with Crippen LogP contribution in [0.2, 0.25) is 0 Å². The van der Waals surface area contributed by atoms with Crippen molar-refractivity contribution in [3.05, 3.63) is 64.4 Å². The lowest BCUT2D eigenvalue weighted by molar-refractivity contribution is -0.132. The zero-order valence-electron chi connectivity index (χ0n) is 11.4. The number of carbonyl (C=O) groups is 1. The standard InChI is InChI=1S/C16H17NO2S/c1-12-5-7-14(8-6-12)17(10-13(2)16(18)19)11-15-4-3-9-20-15/h3-9H,2,10-11H2,1H3,(H,18,19). The van der Waals surface area contributed by atoms with E-state index >= 15 is 0 Å². The van der Waals surface area contributed by atoms with Crippen molar-refractivity contribution in [2.24, 2.45) is 0 Å². The fraction of sp³-hybridized carbons (Fsp3) is 0.188. The number of carboxylic acids is 1. The van der Waals surface area contributed by atoms with Gasteiger partial charge in [0.25, 0.3) is 0 Å². The number of thiophene rings is 1. The molecule has 1 aromatic carbocycles. The highest BCUT2D eigenvalue weighted by molar-refractivity contribution is 7.09. The fourth-order valence-corrected chi connectivity index (χ4v) is 2.60. The summed E-state index contributed by atoms with van der Waals surface area (Å²) in [6, 6.07) is 12.1. The van der Waals surface area contributed by atoms with Gasteiger partial charge in [0, 0.05) is 22.7 Å². The van der Waals surface area contributed by atoms with E-state index in [0.29, 0.717) is 13.1 Å². The second kappa shape index (κ2) is 6.39. The second-order valence-corrected chi connectivity index (χ2v) is 5.71. The Kier molecular flexibility index (Phi) is 4.58. The van der Waals surface area contributed by atoms with E-state index < -0.39 is 5.97 Å². The molecule has 0 aliphatic rings. The number of aryl methyl sites for hydroxylation is 1. The zero-order chi connectivity index (χ0) is 14.5. The highest BCUT2D eigenvalue weighted by Crippen LogP contribution is 2.21. The van der Waals surface area contributed by atoms with Gasteiger partial charge in [0.1, 0.15) is 0 Å². The van der Waals surface area contributed by atoms with Gasteiger partial charge in [-0.25, -0.2) is 4.79 Å². The van der Waals surface area contributed by atoms with Crippen LogP contribution < -0.4 is 4.90 Å². The summed E-state index contributed by atoms with van der Waals surface area (Å²) in [5.41, 5.74) is 2.38. The Morgan fingerprint density at radius 3 is 2.55 bits per heavy atom. The molecule has 0 bridgehead atoms. The van der Waals surface area contributed by atoms with Crippen LogP contribution in [-0.4, -0.2) is 17.6 Å². The van der Waals surface area contributed by atoms with Gasteiger partial charge in [-0.3, -0.25) is 0 Å². The minimum atomic E-state index is -0.951. The van der Waals surface area contributed by atoms with Crippen LogP contribution in [0.25, 0.3) is 0 Å². The van der Waals surface area contributed by atoms with Crippen molar-refractivity contribution >= 4 is 23.0 Å². The fourth-order valence-electron chi connectivity index (χ4n) is 1.88. The largest absolute Gasteiger partial charge is 0.478 e. The highest BCUT2D eigenvalue weighted by Gasteiger charge is 2.13. The Bertz CT molecular complexity index is 587. The summed E-state index contributed by atoms with van der Waals surface area (Å²) in [7, 11) is 0. The molecular weight excluding hydrogens is 270 g/mol. The van der Waals surface area contributed by atoms with Gasteiger partial charge in [-0.2, -0.15) is 0 Å². The molecule has 2 rings (SSSR count). The third-order valence-electron chi connectivity index (χ3n) is 3.01. The van der Waals surface area contributed by atoms with Crippen molar-refractivity contribution in [3.63, 3.8) is 0 Å². The van der Waals surface area contributed by atoms with Crippen LogP contribution in [0.4, 0.5) is 5.69 Å². The molecule has 0 saturated heterocycles. The van der Waals surface area contributed by atoms with Crippen molar-refractivity contribution in [1.82, 2.24) is 0 Å². The quantitative estimate of drug-likeness (QED) is 0.823. The van der Waals surface area contributed by atoms with Gasteiger partial charge >= 0.3 is 5.97 Å². The van der Waals surface area contributed by atoms with Gasteiger partial charge in [-0.15, -0.1) is 11.3 Å². The van der Waals surface area contributed by atoms with E-state index in [1.165, 1.54) is 10.4 Å². The maximum Gasteiger partial charge on any atom is 0.332 e. The van der Waals surface area contributed by atoms with Crippen molar-refractivity contribution in [2.45, 2.75) is 13.5 Å². The minimum absolute atomic E-state index is 0.196. The Morgan fingerprint density at radius 1 is 1.30 bits per heavy atom. The SMILES string of the molecule is C=C(CN(Cc1cccs1)c1ccc(C)cc1)C(=O)O. The average molecular weight is 287 g/mol. The molecule has 0 radical (unpaired) electrons. The summed E-state index contributed by atoms with van der Waals surface area (Å²) in [5, 5.41) is 11.0. The van der Waals surface area contributed by atoms with E-state index in [1.807, 2.05) is 47.5 Å². The first kappa shape index (κ1) is 14.3. The molecule has 0 atom stereocenters. The van der Waals surface area contributed by atoms with Crippen LogP contribution in [0.1, 0.15) is 10.4 Å². The Labute approximate surface area is 122 Å². The van der Waals surface area contributed by atoms with Gasteiger partial charge in [-0.1, -0.05) is 30.3 Å². The van der Waals surface area contributed by atoms with Crippen LogP contribution in [0.15, 0.2) is 53.9 Å². The molecule has 1 N–H and O–H groups in total. The van der Waals surface area contributed by atoms with Crippen molar-refractivity contribution < 1.29 is 9.90 Å². The molecule has 1 heterocycles. The Hall–Kier alpha value is -2.07. The second-order valence-electron chi connectivity index (χ2n) is 4.68. The molecule has 0 unspecified atom stereocenters. The summed E-state index contributed by atoms with van der Waals surface area (Å²) in [5.74, 6) is -0.951. The summed E-state index contributed by atoms with van der Waals surface area (Å²) in [6.45, 7) is 6.66. The lowest BCUT2D eigenvalue weighted by Gasteiger charge is -2.24. The van der Waals surface area contributed by atoms with Gasteiger partial charge in [0.05, 0.1) is 6.54 Å². The third-order valence-corrected chi connectivity index (χ3v) is 3.87. The number of hydrogen-bond donors (Lipinski definition) is 1. The van der Waals surface area contributed by atoms with Crippen LogP contribution in [0.3, 0.4) is 0 Å². The van der Waals surface area contributed by atoms with Crippen LogP contribution in [0.5, 0.6) is 0 Å². The minimum Gasteiger partial charge on any atom is -0.478 e. The zero-order valence-corrected chi connectivity index (χ0v) is 12.2. The van der Waals surface area contributed by atoms with E-state index in [2.05, 4.69) is 12.6 Å². The van der Waals surface area contributed by atoms with Gasteiger partial charge in [-0.05, 0) is 30.5 Å². The summed E-state index contributed by atoms with van der Waals surface area (Å²) in [4.78, 5) is 14.2. The first-order valence-corrected chi connectivity index (χ1v) is 7.19. The molecule has 0 aliphatic heterocycles. The van der Waals surface area contributed by atoms with E-state index in [4.69, 9.17) is 5.11 Å². The van der Waals surface area contributed by atoms with Crippen molar-refractivity contribution in [2.75, 3.05) is 11.4 Å². The monoisotopic (exact) mass is 287 g/mol. The molecule has 0 amide bonds. The van der Waals surface area contributed by atoms with E-state index in [-0.39, 0.29) is 5.57 Å². The molecular formula is C16H17NO2S. The normalized spacial score (nSPS) is 10.2. The lowest BCUT2D eigenvalue weighted by Crippen LogP contribution is -2.26. The number of aliphatic carboxylic acids is 1. The number of hydrogen-bond acceptors (Lipinski definition) is 3. The molecule has 2 aromatic rings. The van der Waals surface area contributed by atoms with Crippen molar-refractivity contribution in [3.8, 4) is 0 Å². The van der Waals surface area contributed by atoms with E-state index in [0.717, 1.165) is 5.69 Å². The van der Waals surface area contributed by atoms with E-state index in [9.17, 15) is 4.79 Å². The summed E-state index contributed by atoms with van der Waals surface area (Å²) < 4.78 is 0. The Morgan fingerprint density at radius 2 is 2.00 bits per heavy atom. The third kappa shape index (κ3) is 3.71. The maximum absolute atomic E-state index is 11.0. The summed E-state index contributed by atoms with van der Waals surface area (Å²) >= 11 is 1.67. The molecule has 0 spiro atoms. The number of nitrogens with zero attached hydrogens (tertiary/aromatic N) is 1. The number of carboxylic acid groups (broad SMARTS) is 1. The predicted octanol–water partition coefficient (Wildman–Crippen LogP) is 3.70. The maximum atomic E-state index is 11.0. The predicted molar refractivity (Wildman–Crippen MR) is 83.3 cm³/mol. The topological polar surface area (TPSA) is 40.5 Å². The Balaban J connectivity index is 2.21. The van der Waals surface area contributed by atoms with Gasteiger partial charge < -0.3 is 10.0 Å². The number of anilines is 1. The van der Waals surface area contributed by atoms with Gasteiger partial charge in [0.2, 0.25) is 0 Å². The van der Waals surface area contributed by atoms with Crippen LogP contribution in [0, 0.1) is 6.92 Å². The smallest absolute Gasteiger partial charge is 0.332 e. The highest BCUT2D eigenvalue weighted by atomic mass is 32.1. The molecule has 104 valence electrons. The lowest BCUT2D eigenvalue weighted by atomic mass is 10.2. The molecule has 3 nitrogen and oxygen atoms in total. The molecule has 20 heavy (non-hydrogen) atoms. The van der Waals surface area contributed by atoms with E-state index in [1.54, 1.807) is 11.3 Å². The average Bonchev–Trinajstić information content (AvgIpc) is 2.91. The van der Waals surface area contributed by atoms with Gasteiger partial charge in [0.15, 0.2) is 0 Å². The molecule has 0 aliphatic carbocycles. The first-order valence-electron chi connectivity index (χ1n) is 6.31. The number of benzene rings is 1. The van der Waals surface area contributed by atoms with Crippen LogP contribution in [-0.2, 0) is 11.3 Å².